The molecule has 0 bridgehead atoms. The second-order valence-corrected chi connectivity index (χ2v) is 5.81. The van der Waals surface area contributed by atoms with Crippen LogP contribution in [0.5, 0.6) is 5.75 Å². The number of aromatic nitrogens is 3. The molecular formula is C15H20ClN3O2. The van der Waals surface area contributed by atoms with Crippen LogP contribution >= 0.6 is 11.6 Å². The molecule has 0 fully saturated rings. The second kappa shape index (κ2) is 7.43. The summed E-state index contributed by atoms with van der Waals surface area (Å²) >= 11 is 5.88. The van der Waals surface area contributed by atoms with Crippen LogP contribution in [0.2, 0.25) is 5.02 Å². The summed E-state index contributed by atoms with van der Waals surface area (Å²) in [6, 6.07) is 7.11. The third kappa shape index (κ3) is 5.02. The zero-order valence-corrected chi connectivity index (χ0v) is 13.0. The van der Waals surface area contributed by atoms with Gasteiger partial charge >= 0.3 is 0 Å². The van der Waals surface area contributed by atoms with Crippen molar-refractivity contribution in [2.75, 3.05) is 6.61 Å². The van der Waals surface area contributed by atoms with Gasteiger partial charge in [0.2, 0.25) is 0 Å². The van der Waals surface area contributed by atoms with E-state index in [1.807, 2.05) is 10.7 Å². The highest BCUT2D eigenvalue weighted by Crippen LogP contribution is 2.17. The van der Waals surface area contributed by atoms with Crippen LogP contribution in [0.1, 0.15) is 19.7 Å². The Kier molecular flexibility index (Phi) is 5.59. The van der Waals surface area contributed by atoms with Crippen molar-refractivity contribution in [1.29, 1.82) is 0 Å². The van der Waals surface area contributed by atoms with Gasteiger partial charge in [0.15, 0.2) is 0 Å². The molecule has 1 aromatic heterocycles. The molecule has 0 radical (unpaired) electrons. The number of aliphatic hydroxyl groups is 1. The van der Waals surface area contributed by atoms with Crippen LogP contribution in [0.25, 0.3) is 0 Å². The summed E-state index contributed by atoms with van der Waals surface area (Å²) in [6.07, 6.45) is 1.29. The minimum absolute atomic E-state index is 0.189. The Hall–Kier alpha value is -1.59. The van der Waals surface area contributed by atoms with Crippen molar-refractivity contribution < 1.29 is 9.84 Å². The standard InChI is InChI=1S/C15H20ClN3O2/c1-11(2)8-19-15(17-10-18-19)7-13(20)9-21-14-5-3-4-12(16)6-14/h3-6,10-11,13,20H,7-9H2,1-2H3. The molecule has 0 amide bonds. The number of benzene rings is 1. The molecule has 114 valence electrons. The summed E-state index contributed by atoms with van der Waals surface area (Å²) in [4.78, 5) is 4.19. The van der Waals surface area contributed by atoms with Crippen LogP contribution in [0.4, 0.5) is 0 Å². The molecule has 1 atom stereocenters. The predicted molar refractivity (Wildman–Crippen MR) is 81.5 cm³/mol. The maximum atomic E-state index is 10.1. The van der Waals surface area contributed by atoms with Gasteiger partial charge in [-0.15, -0.1) is 0 Å². The first kappa shape index (κ1) is 15.8. The fourth-order valence-electron chi connectivity index (χ4n) is 1.96. The topological polar surface area (TPSA) is 60.2 Å². The van der Waals surface area contributed by atoms with Crippen molar-refractivity contribution >= 4 is 11.6 Å². The molecule has 0 spiro atoms. The van der Waals surface area contributed by atoms with Gasteiger partial charge in [0.1, 0.15) is 24.5 Å². The van der Waals surface area contributed by atoms with Crippen LogP contribution in [0, 0.1) is 5.92 Å². The van der Waals surface area contributed by atoms with Gasteiger partial charge in [-0.05, 0) is 24.1 Å². The number of hydrogen-bond donors (Lipinski definition) is 1. The second-order valence-electron chi connectivity index (χ2n) is 5.38. The normalized spacial score (nSPS) is 12.6. The van der Waals surface area contributed by atoms with Crippen molar-refractivity contribution in [1.82, 2.24) is 14.8 Å². The van der Waals surface area contributed by atoms with Crippen molar-refractivity contribution in [3.05, 3.63) is 41.4 Å². The summed E-state index contributed by atoms with van der Waals surface area (Å²) in [5.74, 6) is 1.89. The number of rotatable bonds is 7. The minimum Gasteiger partial charge on any atom is -0.491 e. The predicted octanol–water partition coefficient (Wildman–Crippen LogP) is 2.57. The molecule has 2 rings (SSSR count). The largest absolute Gasteiger partial charge is 0.491 e. The van der Waals surface area contributed by atoms with E-state index in [9.17, 15) is 5.11 Å². The molecule has 1 N–H and O–H groups in total. The number of ether oxygens (including phenoxy) is 1. The zero-order valence-electron chi connectivity index (χ0n) is 12.2. The monoisotopic (exact) mass is 309 g/mol. The van der Waals surface area contributed by atoms with Crippen LogP contribution in [-0.2, 0) is 13.0 Å². The average Bonchev–Trinajstić information content (AvgIpc) is 2.83. The Morgan fingerprint density at radius 1 is 1.38 bits per heavy atom. The fraction of sp³-hybridized carbons (Fsp3) is 0.467. The Balaban J connectivity index is 1.87. The lowest BCUT2D eigenvalue weighted by Gasteiger charge is -2.13. The van der Waals surface area contributed by atoms with Gasteiger partial charge in [-0.2, -0.15) is 5.10 Å². The van der Waals surface area contributed by atoms with Gasteiger partial charge in [0, 0.05) is 18.0 Å². The van der Waals surface area contributed by atoms with Crippen molar-refractivity contribution in [2.24, 2.45) is 5.92 Å². The van der Waals surface area contributed by atoms with E-state index in [1.165, 1.54) is 6.33 Å². The Labute approximate surface area is 129 Å². The molecule has 0 aliphatic carbocycles. The van der Waals surface area contributed by atoms with Crippen molar-refractivity contribution in [3.63, 3.8) is 0 Å². The third-order valence-corrected chi connectivity index (χ3v) is 3.13. The Bertz CT molecular complexity index is 572. The molecule has 1 unspecified atom stereocenters. The lowest BCUT2D eigenvalue weighted by molar-refractivity contribution is 0.105. The average molecular weight is 310 g/mol. The maximum absolute atomic E-state index is 10.1. The third-order valence-electron chi connectivity index (χ3n) is 2.89. The van der Waals surface area contributed by atoms with Gasteiger partial charge in [0.05, 0.1) is 6.10 Å². The van der Waals surface area contributed by atoms with E-state index in [1.54, 1.807) is 18.2 Å². The molecule has 0 saturated carbocycles. The maximum Gasteiger partial charge on any atom is 0.138 e. The molecular weight excluding hydrogens is 290 g/mol. The summed E-state index contributed by atoms with van der Waals surface area (Å²) in [6.45, 7) is 5.21. The SMILES string of the molecule is CC(C)Cn1ncnc1CC(O)COc1cccc(Cl)c1. The first-order valence-electron chi connectivity index (χ1n) is 6.97. The summed E-state index contributed by atoms with van der Waals surface area (Å²) in [7, 11) is 0. The molecule has 1 heterocycles. The molecule has 21 heavy (non-hydrogen) atoms. The van der Waals surface area contributed by atoms with Gasteiger partial charge in [-0.25, -0.2) is 9.67 Å². The van der Waals surface area contributed by atoms with E-state index < -0.39 is 6.10 Å². The van der Waals surface area contributed by atoms with Gasteiger partial charge in [-0.1, -0.05) is 31.5 Å². The van der Waals surface area contributed by atoms with Crippen LogP contribution in [-0.4, -0.2) is 32.6 Å². The number of nitrogens with zero attached hydrogens (tertiary/aromatic N) is 3. The molecule has 0 aliphatic rings. The first-order valence-corrected chi connectivity index (χ1v) is 7.35. The summed E-state index contributed by atoms with van der Waals surface area (Å²) in [5.41, 5.74) is 0. The van der Waals surface area contributed by atoms with Crippen LogP contribution in [0.3, 0.4) is 0 Å². The smallest absolute Gasteiger partial charge is 0.138 e. The minimum atomic E-state index is -0.640. The quantitative estimate of drug-likeness (QED) is 0.854. The molecule has 0 aliphatic heterocycles. The number of aliphatic hydroxyl groups excluding tert-OH is 1. The lowest BCUT2D eigenvalue weighted by Crippen LogP contribution is -2.23. The molecule has 0 saturated heterocycles. The number of hydrogen-bond acceptors (Lipinski definition) is 4. The van der Waals surface area contributed by atoms with E-state index in [4.69, 9.17) is 16.3 Å². The van der Waals surface area contributed by atoms with E-state index in [0.717, 1.165) is 12.4 Å². The van der Waals surface area contributed by atoms with Crippen molar-refractivity contribution in [2.45, 2.75) is 32.9 Å². The Morgan fingerprint density at radius 3 is 2.90 bits per heavy atom. The molecule has 6 heteroatoms. The van der Waals surface area contributed by atoms with Crippen LogP contribution in [0.15, 0.2) is 30.6 Å². The zero-order chi connectivity index (χ0) is 15.2. The number of halogens is 1. The van der Waals surface area contributed by atoms with E-state index in [2.05, 4.69) is 23.9 Å². The fourth-order valence-corrected chi connectivity index (χ4v) is 2.14. The Morgan fingerprint density at radius 2 is 2.19 bits per heavy atom. The van der Waals surface area contributed by atoms with E-state index >= 15 is 0 Å². The summed E-state index contributed by atoms with van der Waals surface area (Å²) in [5, 5.41) is 14.9. The summed E-state index contributed by atoms with van der Waals surface area (Å²) < 4.78 is 7.35. The van der Waals surface area contributed by atoms with Crippen molar-refractivity contribution in [3.8, 4) is 5.75 Å². The van der Waals surface area contributed by atoms with Crippen LogP contribution < -0.4 is 4.74 Å². The van der Waals surface area contributed by atoms with E-state index in [0.29, 0.717) is 23.1 Å². The molecule has 1 aromatic carbocycles. The highest BCUT2D eigenvalue weighted by molar-refractivity contribution is 6.30. The highest BCUT2D eigenvalue weighted by Gasteiger charge is 2.13. The van der Waals surface area contributed by atoms with Gasteiger partial charge in [-0.3, -0.25) is 0 Å². The van der Waals surface area contributed by atoms with E-state index in [-0.39, 0.29) is 6.61 Å². The first-order chi connectivity index (χ1) is 10.0. The highest BCUT2D eigenvalue weighted by atomic mass is 35.5. The molecule has 2 aromatic rings. The lowest BCUT2D eigenvalue weighted by atomic mass is 10.2. The van der Waals surface area contributed by atoms with Gasteiger partial charge < -0.3 is 9.84 Å². The molecule has 5 nitrogen and oxygen atoms in total. The van der Waals surface area contributed by atoms with Gasteiger partial charge in [0.25, 0.3) is 0 Å².